The van der Waals surface area contributed by atoms with Crippen LogP contribution in [0, 0.1) is 11.8 Å². The molecule has 4 rings (SSSR count). The van der Waals surface area contributed by atoms with Crippen LogP contribution in [0.4, 0.5) is 0 Å². The van der Waals surface area contributed by atoms with Gasteiger partial charge < -0.3 is 10.1 Å². The van der Waals surface area contributed by atoms with Gasteiger partial charge in [-0.1, -0.05) is 44.9 Å². The molecule has 156 valence electrons. The minimum Gasteiger partial charge on any atom is -0.494 e. The average Bonchev–Trinajstić information content (AvgIpc) is 2.77. The van der Waals surface area contributed by atoms with Gasteiger partial charge in [-0.15, -0.1) is 0 Å². The lowest BCUT2D eigenvalue weighted by atomic mass is 9.78. The molecule has 30 heavy (non-hydrogen) atoms. The smallest absolute Gasteiger partial charge is 0.252 e. The van der Waals surface area contributed by atoms with E-state index >= 15 is 0 Å². The van der Waals surface area contributed by atoms with Crippen LogP contribution in [0.1, 0.15) is 50.4 Å². The first-order chi connectivity index (χ1) is 14.6. The minimum absolute atomic E-state index is 0.00765. The molecule has 0 aliphatic heterocycles. The van der Waals surface area contributed by atoms with E-state index < -0.39 is 0 Å². The number of fused-ring (bicyclic) bond motifs is 1. The molecule has 1 aliphatic carbocycles. The second-order valence-electron chi connectivity index (χ2n) is 8.38. The molecule has 0 unspecified atom stereocenters. The Kier molecular flexibility index (Phi) is 6.03. The number of ether oxygens (including phenoxy) is 1. The molecule has 1 aliphatic rings. The molecule has 3 aromatic rings. The van der Waals surface area contributed by atoms with Crippen molar-refractivity contribution in [3.05, 3.63) is 60.2 Å². The maximum Gasteiger partial charge on any atom is 0.252 e. The van der Waals surface area contributed by atoms with E-state index in [9.17, 15) is 4.79 Å². The van der Waals surface area contributed by atoms with Gasteiger partial charge in [-0.3, -0.25) is 4.79 Å². The van der Waals surface area contributed by atoms with Crippen molar-refractivity contribution >= 4 is 16.8 Å². The molecular weight excluding hydrogens is 372 g/mol. The predicted molar refractivity (Wildman–Crippen MR) is 122 cm³/mol. The van der Waals surface area contributed by atoms with Crippen LogP contribution in [0.2, 0.25) is 0 Å². The lowest BCUT2D eigenvalue weighted by Gasteiger charge is -2.34. The summed E-state index contributed by atoms with van der Waals surface area (Å²) in [4.78, 5) is 18.2. The van der Waals surface area contributed by atoms with Gasteiger partial charge in [0.2, 0.25) is 0 Å². The Hall–Kier alpha value is -2.88. The summed E-state index contributed by atoms with van der Waals surface area (Å²) in [7, 11) is 0. The summed E-state index contributed by atoms with van der Waals surface area (Å²) in [6, 6.07) is 17.9. The first-order valence-electron chi connectivity index (χ1n) is 11.0. The van der Waals surface area contributed by atoms with Gasteiger partial charge >= 0.3 is 0 Å². The van der Waals surface area contributed by atoms with Crippen molar-refractivity contribution in [2.24, 2.45) is 11.8 Å². The third-order valence-electron chi connectivity index (χ3n) is 6.45. The van der Waals surface area contributed by atoms with E-state index in [1.54, 1.807) is 0 Å². The van der Waals surface area contributed by atoms with Crippen LogP contribution < -0.4 is 10.1 Å². The summed E-state index contributed by atoms with van der Waals surface area (Å²) in [6.07, 6.45) is 3.46. The van der Waals surface area contributed by atoms with Gasteiger partial charge in [0.15, 0.2) is 0 Å². The Morgan fingerprint density at radius 2 is 1.87 bits per heavy atom. The fourth-order valence-electron chi connectivity index (χ4n) is 4.43. The quantitative estimate of drug-likeness (QED) is 0.582. The number of nitrogens with zero attached hydrogens (tertiary/aromatic N) is 1. The SMILES string of the molecule is CCOc1ccc(-c2cc(C(=O)N[C@@H]3CCC[C@@H](C)[C@@H]3C)c3ccccc3n2)cc1. The fraction of sp³-hybridized carbons (Fsp3) is 0.385. The second kappa shape index (κ2) is 8.86. The molecule has 1 N–H and O–H groups in total. The zero-order chi connectivity index (χ0) is 21.1. The summed E-state index contributed by atoms with van der Waals surface area (Å²) in [5.41, 5.74) is 3.29. The molecule has 0 bridgehead atoms. The number of pyridine rings is 1. The molecule has 1 saturated carbocycles. The molecule has 1 amide bonds. The van der Waals surface area contributed by atoms with Crippen LogP contribution in [-0.2, 0) is 0 Å². The van der Waals surface area contributed by atoms with Crippen molar-refractivity contribution in [3.8, 4) is 17.0 Å². The van der Waals surface area contributed by atoms with Gasteiger partial charge in [-0.25, -0.2) is 4.98 Å². The highest BCUT2D eigenvalue weighted by atomic mass is 16.5. The molecule has 0 spiro atoms. The lowest BCUT2D eigenvalue weighted by Crippen LogP contribution is -2.43. The summed E-state index contributed by atoms with van der Waals surface area (Å²) in [5, 5.41) is 4.22. The second-order valence-corrected chi connectivity index (χ2v) is 8.38. The standard InChI is InChI=1S/C26H30N2O2/c1-4-30-20-14-12-19(13-15-20)25-16-22(21-9-5-6-10-24(21)27-25)26(29)28-23-11-7-8-17(2)18(23)3/h5-6,9-10,12-18,23H,4,7-8,11H2,1-3H3,(H,28,29)/t17-,18+,23-/m1/s1. The number of benzene rings is 2. The molecule has 0 radical (unpaired) electrons. The Morgan fingerprint density at radius 1 is 1.10 bits per heavy atom. The molecule has 4 nitrogen and oxygen atoms in total. The Balaban J connectivity index is 1.69. The number of carbonyl (C=O) groups is 1. The van der Waals surface area contributed by atoms with Crippen LogP contribution in [0.25, 0.3) is 22.2 Å². The van der Waals surface area contributed by atoms with E-state index in [4.69, 9.17) is 9.72 Å². The molecule has 4 heteroatoms. The fourth-order valence-corrected chi connectivity index (χ4v) is 4.43. The third-order valence-corrected chi connectivity index (χ3v) is 6.45. The van der Waals surface area contributed by atoms with Gasteiger partial charge in [0.05, 0.1) is 23.4 Å². The van der Waals surface area contributed by atoms with E-state index in [2.05, 4.69) is 19.2 Å². The summed E-state index contributed by atoms with van der Waals surface area (Å²) in [5.74, 6) is 1.95. The van der Waals surface area contributed by atoms with Crippen LogP contribution in [0.3, 0.4) is 0 Å². The molecule has 0 saturated heterocycles. The van der Waals surface area contributed by atoms with Gasteiger partial charge in [0.25, 0.3) is 5.91 Å². The minimum atomic E-state index is -0.00765. The maximum absolute atomic E-state index is 13.3. The highest BCUT2D eigenvalue weighted by Crippen LogP contribution is 2.31. The molecule has 1 heterocycles. The van der Waals surface area contributed by atoms with Crippen LogP contribution >= 0.6 is 0 Å². The molecular formula is C26H30N2O2. The summed E-state index contributed by atoms with van der Waals surface area (Å²) >= 11 is 0. The van der Waals surface area contributed by atoms with E-state index in [1.165, 1.54) is 12.8 Å². The number of hydrogen-bond acceptors (Lipinski definition) is 3. The van der Waals surface area contributed by atoms with Crippen molar-refractivity contribution in [2.45, 2.75) is 46.1 Å². The van der Waals surface area contributed by atoms with Gasteiger partial charge in [0, 0.05) is 17.0 Å². The van der Waals surface area contributed by atoms with Crippen molar-refractivity contribution in [2.75, 3.05) is 6.61 Å². The molecule has 2 aromatic carbocycles. The van der Waals surface area contributed by atoms with Gasteiger partial charge in [0.1, 0.15) is 5.75 Å². The first-order valence-corrected chi connectivity index (χ1v) is 11.0. The maximum atomic E-state index is 13.3. The highest BCUT2D eigenvalue weighted by Gasteiger charge is 2.29. The number of hydrogen-bond donors (Lipinski definition) is 1. The molecule has 1 aromatic heterocycles. The Morgan fingerprint density at radius 3 is 2.63 bits per heavy atom. The zero-order valence-electron chi connectivity index (χ0n) is 18.0. The van der Waals surface area contributed by atoms with E-state index in [0.29, 0.717) is 24.0 Å². The van der Waals surface area contributed by atoms with Gasteiger partial charge in [-0.05, 0) is 61.6 Å². The molecule has 1 fully saturated rings. The third kappa shape index (κ3) is 4.18. The van der Waals surface area contributed by atoms with Crippen molar-refractivity contribution in [3.63, 3.8) is 0 Å². The number of para-hydroxylation sites is 1. The zero-order valence-corrected chi connectivity index (χ0v) is 18.0. The number of rotatable bonds is 5. The van der Waals surface area contributed by atoms with Crippen molar-refractivity contribution < 1.29 is 9.53 Å². The lowest BCUT2D eigenvalue weighted by molar-refractivity contribution is 0.0892. The highest BCUT2D eigenvalue weighted by molar-refractivity contribution is 6.07. The number of nitrogens with one attached hydrogen (secondary N) is 1. The predicted octanol–water partition coefficient (Wildman–Crippen LogP) is 5.86. The first kappa shape index (κ1) is 20.4. The van der Waals surface area contributed by atoms with E-state index in [0.717, 1.165) is 34.3 Å². The monoisotopic (exact) mass is 402 g/mol. The number of amides is 1. The number of carbonyl (C=O) groups excluding carboxylic acids is 1. The normalized spacial score (nSPS) is 21.4. The topological polar surface area (TPSA) is 51.2 Å². The number of aromatic nitrogens is 1. The summed E-state index contributed by atoms with van der Waals surface area (Å²) < 4.78 is 5.55. The van der Waals surface area contributed by atoms with E-state index in [-0.39, 0.29) is 11.9 Å². The largest absolute Gasteiger partial charge is 0.494 e. The van der Waals surface area contributed by atoms with Crippen molar-refractivity contribution in [1.29, 1.82) is 0 Å². The average molecular weight is 403 g/mol. The van der Waals surface area contributed by atoms with Crippen LogP contribution in [-0.4, -0.2) is 23.5 Å². The molecule has 3 atom stereocenters. The van der Waals surface area contributed by atoms with Crippen LogP contribution in [0.15, 0.2) is 54.6 Å². The van der Waals surface area contributed by atoms with Gasteiger partial charge in [-0.2, -0.15) is 0 Å². The summed E-state index contributed by atoms with van der Waals surface area (Å²) in [6.45, 7) is 7.15. The Labute approximate surface area is 178 Å². The Bertz CT molecular complexity index is 1030. The van der Waals surface area contributed by atoms with E-state index in [1.807, 2.05) is 61.5 Å². The van der Waals surface area contributed by atoms with Crippen molar-refractivity contribution in [1.82, 2.24) is 10.3 Å². The van der Waals surface area contributed by atoms with Crippen LogP contribution in [0.5, 0.6) is 5.75 Å².